The highest BCUT2D eigenvalue weighted by Crippen LogP contribution is 2.39. The molecule has 3 aromatic rings. The van der Waals surface area contributed by atoms with Gasteiger partial charge in [-0.05, 0) is 16.7 Å². The van der Waals surface area contributed by atoms with Gasteiger partial charge in [-0.3, -0.25) is 19.7 Å². The van der Waals surface area contributed by atoms with Gasteiger partial charge < -0.3 is 15.7 Å². The number of thioether (sulfide) groups is 1. The predicted octanol–water partition coefficient (Wildman–Crippen LogP) is 2.93. The van der Waals surface area contributed by atoms with Crippen LogP contribution in [0, 0.1) is 0 Å². The Hall–Kier alpha value is -3.33. The fourth-order valence-corrected chi connectivity index (χ4v) is 5.56. The van der Waals surface area contributed by atoms with Gasteiger partial charge >= 0.3 is 5.97 Å². The number of hydrogen-bond acceptors (Lipinski definition) is 5. The second kappa shape index (κ2) is 11.6. The number of nitrogens with one attached hydrogen (secondary N) is 3. The lowest BCUT2D eigenvalue weighted by molar-refractivity contribution is -0.136. The zero-order valence-corrected chi connectivity index (χ0v) is 20.8. The maximum Gasteiger partial charge on any atom is 0.318 e. The quantitative estimate of drug-likeness (QED) is 0.175. The molecule has 4 N–H and O–H groups in total. The minimum atomic E-state index is -1.09. The Kier molecular flexibility index (Phi) is 8.30. The molecule has 1 fully saturated rings. The average molecular weight is 524 g/mol. The standard InChI is InChI=1S/C27H26ClN3O4S/c28-16-22(32)29-17-21(26(34)35)36-25-23(24(33)30-25)31-27(18-10-4-1-5-11-18,19-12-6-2-7-13-19)20-14-8-3-9-15-20/h1-15,21,23,25,31H,16-17H2,(H,29,32)(H,30,33)(H,34,35)/t21?,23-,25-/m1/s1. The number of hydrogen-bond donors (Lipinski definition) is 4. The lowest BCUT2D eigenvalue weighted by Crippen LogP contribution is -2.71. The van der Waals surface area contributed by atoms with E-state index in [2.05, 4.69) is 16.0 Å². The average Bonchev–Trinajstić information content (AvgIpc) is 2.92. The second-order valence-electron chi connectivity index (χ2n) is 8.30. The molecule has 0 aliphatic carbocycles. The number of carbonyl (C=O) groups excluding carboxylic acids is 2. The summed E-state index contributed by atoms with van der Waals surface area (Å²) >= 11 is 6.59. The Morgan fingerprint density at radius 2 is 1.39 bits per heavy atom. The molecule has 186 valence electrons. The van der Waals surface area contributed by atoms with Crippen molar-refractivity contribution in [3.8, 4) is 0 Å². The van der Waals surface area contributed by atoms with Gasteiger partial charge in [-0.25, -0.2) is 0 Å². The number of rotatable bonds is 11. The molecule has 3 aromatic carbocycles. The molecule has 36 heavy (non-hydrogen) atoms. The minimum Gasteiger partial charge on any atom is -0.480 e. The third-order valence-electron chi connectivity index (χ3n) is 6.05. The fourth-order valence-electron chi connectivity index (χ4n) is 4.28. The molecule has 1 aliphatic heterocycles. The number of aliphatic carboxylic acids is 1. The smallest absolute Gasteiger partial charge is 0.318 e. The van der Waals surface area contributed by atoms with Crippen molar-refractivity contribution in [2.75, 3.05) is 12.4 Å². The molecule has 1 heterocycles. The Balaban J connectivity index is 1.71. The van der Waals surface area contributed by atoms with Crippen LogP contribution in [0.2, 0.25) is 0 Å². The predicted molar refractivity (Wildman–Crippen MR) is 141 cm³/mol. The van der Waals surface area contributed by atoms with Crippen LogP contribution in [0.4, 0.5) is 0 Å². The van der Waals surface area contributed by atoms with E-state index in [1.807, 2.05) is 91.0 Å². The monoisotopic (exact) mass is 523 g/mol. The molecule has 0 spiro atoms. The number of carboxylic acid groups (broad SMARTS) is 1. The number of β-lactam (4-membered cyclic amide) rings is 1. The summed E-state index contributed by atoms with van der Waals surface area (Å²) in [5.41, 5.74) is 1.94. The molecule has 7 nitrogen and oxygen atoms in total. The lowest BCUT2D eigenvalue weighted by Gasteiger charge is -2.46. The minimum absolute atomic E-state index is 0.105. The summed E-state index contributed by atoms with van der Waals surface area (Å²) in [5.74, 6) is -2.02. The maximum absolute atomic E-state index is 12.9. The number of carbonyl (C=O) groups is 3. The summed E-state index contributed by atoms with van der Waals surface area (Å²) in [4.78, 5) is 36.3. The first kappa shape index (κ1) is 25.8. The van der Waals surface area contributed by atoms with Crippen LogP contribution in [-0.2, 0) is 19.9 Å². The number of carboxylic acids is 1. The van der Waals surface area contributed by atoms with Crippen molar-refractivity contribution in [1.82, 2.24) is 16.0 Å². The van der Waals surface area contributed by atoms with Gasteiger partial charge in [0.1, 0.15) is 22.5 Å². The Morgan fingerprint density at radius 3 is 1.78 bits per heavy atom. The number of halogens is 1. The van der Waals surface area contributed by atoms with Crippen LogP contribution in [0.15, 0.2) is 91.0 Å². The van der Waals surface area contributed by atoms with Crippen LogP contribution < -0.4 is 16.0 Å². The first-order valence-electron chi connectivity index (χ1n) is 11.4. The molecule has 2 amide bonds. The van der Waals surface area contributed by atoms with E-state index in [9.17, 15) is 19.5 Å². The molecule has 3 atom stereocenters. The molecule has 1 saturated heterocycles. The van der Waals surface area contributed by atoms with Gasteiger partial charge in [-0.15, -0.1) is 23.4 Å². The third kappa shape index (κ3) is 5.41. The first-order chi connectivity index (χ1) is 17.5. The van der Waals surface area contributed by atoms with Crippen molar-refractivity contribution >= 4 is 41.1 Å². The summed E-state index contributed by atoms with van der Waals surface area (Å²) in [6.07, 6.45) is 0. The topological polar surface area (TPSA) is 108 Å². The van der Waals surface area contributed by atoms with Crippen LogP contribution in [0.5, 0.6) is 0 Å². The molecule has 0 saturated carbocycles. The molecular formula is C27H26ClN3O4S. The van der Waals surface area contributed by atoms with E-state index in [4.69, 9.17) is 11.6 Å². The zero-order valence-electron chi connectivity index (χ0n) is 19.3. The summed E-state index contributed by atoms with van der Waals surface area (Å²) in [6, 6.07) is 28.9. The van der Waals surface area contributed by atoms with Gasteiger partial charge in [0.25, 0.3) is 0 Å². The lowest BCUT2D eigenvalue weighted by atomic mass is 9.76. The van der Waals surface area contributed by atoms with Crippen LogP contribution in [-0.4, -0.2) is 52.0 Å². The van der Waals surface area contributed by atoms with Crippen LogP contribution in [0.3, 0.4) is 0 Å². The second-order valence-corrected chi connectivity index (χ2v) is 9.92. The van der Waals surface area contributed by atoms with E-state index in [1.54, 1.807) is 0 Å². The molecular weight excluding hydrogens is 498 g/mol. The largest absolute Gasteiger partial charge is 0.480 e. The highest BCUT2D eigenvalue weighted by molar-refractivity contribution is 8.01. The van der Waals surface area contributed by atoms with Crippen molar-refractivity contribution in [1.29, 1.82) is 0 Å². The summed E-state index contributed by atoms with van der Waals surface area (Å²) in [7, 11) is 0. The fraction of sp³-hybridized carbons (Fsp3) is 0.222. The molecule has 1 aliphatic rings. The molecule has 0 bridgehead atoms. The van der Waals surface area contributed by atoms with E-state index in [1.165, 1.54) is 0 Å². The highest BCUT2D eigenvalue weighted by atomic mass is 35.5. The maximum atomic E-state index is 12.9. The molecule has 0 radical (unpaired) electrons. The van der Waals surface area contributed by atoms with E-state index in [-0.39, 0.29) is 18.3 Å². The molecule has 9 heteroatoms. The van der Waals surface area contributed by atoms with Crippen molar-refractivity contribution < 1.29 is 19.5 Å². The van der Waals surface area contributed by atoms with Crippen molar-refractivity contribution in [3.63, 3.8) is 0 Å². The van der Waals surface area contributed by atoms with Crippen molar-refractivity contribution in [2.45, 2.75) is 22.2 Å². The van der Waals surface area contributed by atoms with Crippen LogP contribution in [0.25, 0.3) is 0 Å². The van der Waals surface area contributed by atoms with E-state index >= 15 is 0 Å². The van der Waals surface area contributed by atoms with Crippen LogP contribution >= 0.6 is 23.4 Å². The molecule has 4 rings (SSSR count). The van der Waals surface area contributed by atoms with Gasteiger partial charge in [0.15, 0.2) is 0 Å². The van der Waals surface area contributed by atoms with Gasteiger partial charge in [0, 0.05) is 6.54 Å². The van der Waals surface area contributed by atoms with Crippen molar-refractivity contribution in [3.05, 3.63) is 108 Å². The Morgan fingerprint density at radius 1 is 0.917 bits per heavy atom. The van der Waals surface area contributed by atoms with Gasteiger partial charge in [-0.1, -0.05) is 91.0 Å². The first-order valence-corrected chi connectivity index (χ1v) is 12.9. The zero-order chi connectivity index (χ0) is 25.5. The Bertz CT molecular complexity index is 1100. The van der Waals surface area contributed by atoms with Gasteiger partial charge in [0.2, 0.25) is 11.8 Å². The number of amides is 2. The summed E-state index contributed by atoms with van der Waals surface area (Å²) < 4.78 is 0. The number of alkyl halides is 1. The third-order valence-corrected chi connectivity index (χ3v) is 7.68. The molecule has 1 unspecified atom stereocenters. The molecule has 0 aromatic heterocycles. The normalized spacial score (nSPS) is 18.0. The SMILES string of the molecule is O=C(CCl)NCC(S[C@H]1NC(=O)[C@H]1NC(c1ccccc1)(c1ccccc1)c1ccccc1)C(=O)O. The Labute approximate surface area is 218 Å². The van der Waals surface area contributed by atoms with Gasteiger partial charge in [0.05, 0.1) is 5.54 Å². The van der Waals surface area contributed by atoms with E-state index in [0.717, 1.165) is 28.5 Å². The highest BCUT2D eigenvalue weighted by Gasteiger charge is 2.48. The summed E-state index contributed by atoms with van der Waals surface area (Å²) in [5, 5.41) is 17.1. The van der Waals surface area contributed by atoms with Gasteiger partial charge in [-0.2, -0.15) is 0 Å². The van der Waals surface area contributed by atoms with Crippen molar-refractivity contribution in [2.24, 2.45) is 0 Å². The number of benzene rings is 3. The van der Waals surface area contributed by atoms with E-state index in [0.29, 0.717) is 0 Å². The summed E-state index contributed by atoms with van der Waals surface area (Å²) in [6.45, 7) is -0.105. The van der Waals surface area contributed by atoms with Crippen LogP contribution in [0.1, 0.15) is 16.7 Å². The van der Waals surface area contributed by atoms with E-state index < -0.39 is 34.1 Å².